The Labute approximate surface area is 170 Å². The maximum absolute atomic E-state index is 12.9. The van der Waals surface area contributed by atoms with Gasteiger partial charge in [0.15, 0.2) is 0 Å². The summed E-state index contributed by atoms with van der Waals surface area (Å²) in [5.74, 6) is 1.15. The second kappa shape index (κ2) is 16.2. The third-order valence-electron chi connectivity index (χ3n) is 5.42. The van der Waals surface area contributed by atoms with Crippen LogP contribution in [0.2, 0.25) is 0 Å². The molecule has 0 aromatic rings. The van der Waals surface area contributed by atoms with Crippen molar-refractivity contribution in [1.29, 1.82) is 0 Å². The lowest BCUT2D eigenvalue weighted by Crippen LogP contribution is -2.31. The molecule has 0 aromatic heterocycles. The van der Waals surface area contributed by atoms with E-state index < -0.39 is 0 Å². The minimum atomic E-state index is -0.0834. The molecule has 0 fully saturated rings. The summed E-state index contributed by atoms with van der Waals surface area (Å²) in [6.07, 6.45) is 16.6. The average Bonchev–Trinajstić information content (AvgIpc) is 2.61. The van der Waals surface area contributed by atoms with Crippen LogP contribution in [-0.4, -0.2) is 12.1 Å². The molecular formula is C25H48O2. The van der Waals surface area contributed by atoms with E-state index in [0.29, 0.717) is 17.8 Å². The first-order valence-corrected chi connectivity index (χ1v) is 11.7. The standard InChI is InChI=1S/C25H48O2/c1-8-10-12-14-16-22(7)18-19-23(17-15-13-11-9-2)25(26)27-24(20(3)4)21(5)6/h18-24H,8-17H2,1-7H3/b19-18-. The summed E-state index contributed by atoms with van der Waals surface area (Å²) < 4.78 is 5.95. The maximum atomic E-state index is 12.9. The molecule has 0 saturated carbocycles. The fourth-order valence-electron chi connectivity index (χ4n) is 3.66. The fourth-order valence-corrected chi connectivity index (χ4v) is 3.66. The van der Waals surface area contributed by atoms with Crippen LogP contribution in [0.3, 0.4) is 0 Å². The third-order valence-corrected chi connectivity index (χ3v) is 5.42. The lowest BCUT2D eigenvalue weighted by molar-refractivity contribution is -0.157. The molecule has 0 aliphatic heterocycles. The van der Waals surface area contributed by atoms with Gasteiger partial charge in [0, 0.05) is 0 Å². The summed E-state index contributed by atoms with van der Waals surface area (Å²) in [5, 5.41) is 0. The van der Waals surface area contributed by atoms with Crippen molar-refractivity contribution in [2.45, 2.75) is 119 Å². The molecule has 0 rings (SSSR count). The molecule has 0 bridgehead atoms. The zero-order chi connectivity index (χ0) is 20.7. The monoisotopic (exact) mass is 380 g/mol. The van der Waals surface area contributed by atoms with Crippen molar-refractivity contribution < 1.29 is 9.53 Å². The highest BCUT2D eigenvalue weighted by atomic mass is 16.5. The molecule has 0 aliphatic rings. The van der Waals surface area contributed by atoms with Gasteiger partial charge in [0.05, 0.1) is 5.92 Å². The molecule has 2 nitrogen and oxygen atoms in total. The molecule has 0 amide bonds. The Balaban J connectivity index is 4.78. The van der Waals surface area contributed by atoms with Crippen molar-refractivity contribution in [1.82, 2.24) is 0 Å². The summed E-state index contributed by atoms with van der Waals surface area (Å²) in [5.41, 5.74) is 0. The fraction of sp³-hybridized carbons (Fsp3) is 0.880. The number of hydrogen-bond acceptors (Lipinski definition) is 2. The molecule has 0 aromatic carbocycles. The minimum absolute atomic E-state index is 0.00973. The van der Waals surface area contributed by atoms with Gasteiger partial charge in [-0.1, -0.05) is 112 Å². The van der Waals surface area contributed by atoms with Crippen molar-refractivity contribution in [3.05, 3.63) is 12.2 Å². The topological polar surface area (TPSA) is 26.3 Å². The smallest absolute Gasteiger partial charge is 0.313 e. The Hall–Kier alpha value is -0.790. The normalized spacial score (nSPS) is 14.4. The summed E-state index contributed by atoms with van der Waals surface area (Å²) in [6.45, 7) is 15.3. The van der Waals surface area contributed by atoms with Gasteiger partial charge in [0.1, 0.15) is 6.10 Å². The lowest BCUT2D eigenvalue weighted by Gasteiger charge is -2.26. The van der Waals surface area contributed by atoms with Crippen molar-refractivity contribution >= 4 is 5.97 Å². The van der Waals surface area contributed by atoms with E-state index in [1.54, 1.807) is 0 Å². The molecule has 0 N–H and O–H groups in total. The van der Waals surface area contributed by atoms with Gasteiger partial charge >= 0.3 is 5.97 Å². The summed E-state index contributed by atoms with van der Waals surface area (Å²) in [7, 11) is 0. The average molecular weight is 381 g/mol. The predicted octanol–water partition coefficient (Wildman–Crippen LogP) is 7.96. The maximum Gasteiger partial charge on any atom is 0.313 e. The highest BCUT2D eigenvalue weighted by molar-refractivity contribution is 5.74. The first-order valence-electron chi connectivity index (χ1n) is 11.7. The van der Waals surface area contributed by atoms with E-state index in [4.69, 9.17) is 4.74 Å². The molecule has 2 unspecified atom stereocenters. The van der Waals surface area contributed by atoms with Crippen LogP contribution in [-0.2, 0) is 9.53 Å². The largest absolute Gasteiger partial charge is 0.461 e. The van der Waals surface area contributed by atoms with Crippen LogP contribution in [0, 0.1) is 23.7 Å². The first kappa shape index (κ1) is 26.2. The van der Waals surface area contributed by atoms with Crippen LogP contribution >= 0.6 is 0 Å². The van der Waals surface area contributed by atoms with E-state index >= 15 is 0 Å². The van der Waals surface area contributed by atoms with Crippen LogP contribution in [0.4, 0.5) is 0 Å². The van der Waals surface area contributed by atoms with E-state index in [2.05, 4.69) is 60.6 Å². The van der Waals surface area contributed by atoms with Gasteiger partial charge in [-0.25, -0.2) is 0 Å². The second-order valence-electron chi connectivity index (χ2n) is 9.06. The molecule has 2 heteroatoms. The summed E-state index contributed by atoms with van der Waals surface area (Å²) in [6, 6.07) is 0. The van der Waals surface area contributed by atoms with E-state index in [9.17, 15) is 4.79 Å². The van der Waals surface area contributed by atoms with Crippen molar-refractivity contribution in [2.75, 3.05) is 0 Å². The van der Waals surface area contributed by atoms with Crippen LogP contribution in [0.15, 0.2) is 12.2 Å². The number of ether oxygens (including phenoxy) is 1. The molecule has 0 saturated heterocycles. The predicted molar refractivity (Wildman–Crippen MR) is 119 cm³/mol. The molecular weight excluding hydrogens is 332 g/mol. The minimum Gasteiger partial charge on any atom is -0.461 e. The highest BCUT2D eigenvalue weighted by Gasteiger charge is 2.25. The molecule has 0 radical (unpaired) electrons. The molecule has 2 atom stereocenters. The number of esters is 1. The van der Waals surface area contributed by atoms with Crippen molar-refractivity contribution in [3.8, 4) is 0 Å². The number of carbonyl (C=O) groups excluding carboxylic acids is 1. The van der Waals surface area contributed by atoms with Gasteiger partial charge in [0.2, 0.25) is 0 Å². The van der Waals surface area contributed by atoms with Crippen molar-refractivity contribution in [2.24, 2.45) is 23.7 Å². The number of allylic oxidation sites excluding steroid dienone is 1. The van der Waals surface area contributed by atoms with Crippen LogP contribution in [0.1, 0.15) is 113 Å². The van der Waals surface area contributed by atoms with E-state index in [1.807, 2.05) is 0 Å². The van der Waals surface area contributed by atoms with Gasteiger partial charge in [-0.05, 0) is 30.6 Å². The second-order valence-corrected chi connectivity index (χ2v) is 9.06. The van der Waals surface area contributed by atoms with E-state index in [1.165, 1.54) is 51.4 Å². The van der Waals surface area contributed by atoms with Crippen molar-refractivity contribution in [3.63, 3.8) is 0 Å². The van der Waals surface area contributed by atoms with Crippen LogP contribution < -0.4 is 0 Å². The SMILES string of the molecule is CCCCCCC(C)/C=C\C(CCCCCC)C(=O)OC(C(C)C)C(C)C. The molecule has 160 valence electrons. The molecule has 0 spiro atoms. The Kier molecular flexibility index (Phi) is 15.7. The summed E-state index contributed by atoms with van der Waals surface area (Å²) >= 11 is 0. The highest BCUT2D eigenvalue weighted by Crippen LogP contribution is 2.22. The van der Waals surface area contributed by atoms with Gasteiger partial charge in [0.25, 0.3) is 0 Å². The van der Waals surface area contributed by atoms with Gasteiger partial charge in [-0.15, -0.1) is 0 Å². The number of carbonyl (C=O) groups is 1. The van der Waals surface area contributed by atoms with E-state index in [0.717, 1.165) is 12.8 Å². The molecule has 0 aliphatic carbocycles. The molecule has 27 heavy (non-hydrogen) atoms. The van der Waals surface area contributed by atoms with Crippen LogP contribution in [0.5, 0.6) is 0 Å². The van der Waals surface area contributed by atoms with Crippen LogP contribution in [0.25, 0.3) is 0 Å². The Bertz CT molecular complexity index is 376. The zero-order valence-electron chi connectivity index (χ0n) is 19.4. The Morgan fingerprint density at radius 1 is 0.741 bits per heavy atom. The van der Waals surface area contributed by atoms with Gasteiger partial charge < -0.3 is 4.74 Å². The molecule has 0 heterocycles. The number of rotatable bonds is 16. The Morgan fingerprint density at radius 3 is 1.74 bits per heavy atom. The summed E-state index contributed by atoms with van der Waals surface area (Å²) in [4.78, 5) is 12.9. The lowest BCUT2D eigenvalue weighted by atomic mass is 9.94. The van der Waals surface area contributed by atoms with Gasteiger partial charge in [-0.3, -0.25) is 4.79 Å². The van der Waals surface area contributed by atoms with Gasteiger partial charge in [-0.2, -0.15) is 0 Å². The Morgan fingerprint density at radius 2 is 1.26 bits per heavy atom. The number of unbranched alkanes of at least 4 members (excludes halogenated alkanes) is 6. The number of hydrogen-bond donors (Lipinski definition) is 0. The first-order chi connectivity index (χ1) is 12.8. The quantitative estimate of drug-likeness (QED) is 0.154. The van der Waals surface area contributed by atoms with E-state index in [-0.39, 0.29) is 18.0 Å². The third kappa shape index (κ3) is 13.1. The zero-order valence-corrected chi connectivity index (χ0v) is 19.4.